The number of hydrogen-bond acceptors (Lipinski definition) is 4. The first-order valence-corrected chi connectivity index (χ1v) is 13.8. The maximum atomic E-state index is 14.6. The molecular formula is C31H25Cl2FN4O4. The summed E-state index contributed by atoms with van der Waals surface area (Å²) in [7, 11) is 1.38. The van der Waals surface area contributed by atoms with Crippen LogP contribution in [0.2, 0.25) is 5.02 Å². The minimum absolute atomic E-state index is 0.0133. The van der Waals surface area contributed by atoms with Crippen molar-refractivity contribution in [2.75, 3.05) is 0 Å². The van der Waals surface area contributed by atoms with Gasteiger partial charge in [0.15, 0.2) is 0 Å². The first kappa shape index (κ1) is 28.0. The van der Waals surface area contributed by atoms with E-state index in [9.17, 15) is 23.9 Å². The van der Waals surface area contributed by atoms with Gasteiger partial charge in [-0.1, -0.05) is 53.5 Å². The second kappa shape index (κ2) is 9.69. The van der Waals surface area contributed by atoms with Gasteiger partial charge in [0.25, 0.3) is 5.56 Å². The molecule has 0 spiro atoms. The molecule has 1 aliphatic carbocycles. The minimum Gasteiger partial charge on any atom is -0.386 e. The first-order valence-electron chi connectivity index (χ1n) is 13.1. The number of hydrogen-bond donors (Lipinski definition) is 3. The zero-order valence-electron chi connectivity index (χ0n) is 22.8. The summed E-state index contributed by atoms with van der Waals surface area (Å²) in [5, 5.41) is 11.7. The van der Waals surface area contributed by atoms with E-state index in [0.717, 1.165) is 9.13 Å². The van der Waals surface area contributed by atoms with Gasteiger partial charge in [0.1, 0.15) is 5.82 Å². The zero-order chi connectivity index (χ0) is 30.2. The highest BCUT2D eigenvalue weighted by atomic mass is 35.5. The van der Waals surface area contributed by atoms with E-state index >= 15 is 0 Å². The highest BCUT2D eigenvalue weighted by molar-refractivity contribution is 6.38. The number of carbonyl (C=O) groups excluding carboxylic acids is 1. The van der Waals surface area contributed by atoms with E-state index in [0.29, 0.717) is 43.9 Å². The fraction of sp³-hybridized carbons (Fsp3) is 0.194. The summed E-state index contributed by atoms with van der Waals surface area (Å²) in [6.07, 6.45) is 0.0991. The van der Waals surface area contributed by atoms with Crippen LogP contribution in [-0.4, -0.2) is 25.1 Å². The highest BCUT2D eigenvalue weighted by Crippen LogP contribution is 2.48. The number of benzene rings is 3. The maximum Gasteiger partial charge on any atom is 0.336 e. The number of halogens is 3. The summed E-state index contributed by atoms with van der Waals surface area (Å²) in [6.45, 7) is 3.34. The number of aliphatic hydroxyl groups is 1. The lowest BCUT2D eigenvalue weighted by Crippen LogP contribution is -2.38. The molecule has 11 heteroatoms. The lowest BCUT2D eigenvalue weighted by Gasteiger charge is -2.25. The molecule has 0 bridgehead atoms. The standard InChI is InChI=1S/C31H25Cl2FN4O4/c1-31(2,42)14-10-11-15-21(12-14)36-26-18(28(35)39)13-19(32)23(24(15)26)16-6-5-9-22(25(16)33)38-29(40)17-7-4-8-20(34)27(17)37(3)30(38)41/h4-12,18,36,42H,13H2,1-3H3,(H2,35,39)/t18-/m0/s1. The lowest BCUT2D eigenvalue weighted by molar-refractivity contribution is -0.119. The smallest absolute Gasteiger partial charge is 0.336 e. The number of H-pyrrole nitrogens is 1. The number of rotatable bonds is 4. The summed E-state index contributed by atoms with van der Waals surface area (Å²) < 4.78 is 16.6. The number of para-hydroxylation sites is 1. The molecule has 214 valence electrons. The number of nitrogens with two attached hydrogens (primary N) is 1. The maximum absolute atomic E-state index is 14.6. The Bertz CT molecular complexity index is 2140. The van der Waals surface area contributed by atoms with E-state index in [1.165, 1.54) is 31.3 Å². The van der Waals surface area contributed by atoms with E-state index in [2.05, 4.69) is 4.98 Å². The molecule has 3 aromatic carbocycles. The number of fused-ring (bicyclic) bond motifs is 4. The molecule has 6 rings (SSSR count). The highest BCUT2D eigenvalue weighted by Gasteiger charge is 2.35. The summed E-state index contributed by atoms with van der Waals surface area (Å²) in [5.74, 6) is -2.01. The minimum atomic E-state index is -1.11. The number of aromatic amines is 1. The molecule has 0 saturated heterocycles. The summed E-state index contributed by atoms with van der Waals surface area (Å²) in [4.78, 5) is 42.8. The molecule has 2 heterocycles. The van der Waals surface area contributed by atoms with E-state index in [-0.39, 0.29) is 28.0 Å². The predicted octanol–water partition coefficient (Wildman–Crippen LogP) is 5.16. The molecule has 42 heavy (non-hydrogen) atoms. The number of aromatic nitrogens is 3. The number of nitrogens with zero attached hydrogens (tertiary/aromatic N) is 2. The van der Waals surface area contributed by atoms with Crippen molar-refractivity contribution >= 4 is 56.5 Å². The van der Waals surface area contributed by atoms with Crippen LogP contribution in [0.25, 0.3) is 33.1 Å². The van der Waals surface area contributed by atoms with E-state index in [4.69, 9.17) is 28.9 Å². The molecule has 5 aromatic rings. The van der Waals surface area contributed by atoms with Crippen LogP contribution in [0.15, 0.2) is 69.2 Å². The van der Waals surface area contributed by atoms with Crippen molar-refractivity contribution in [3.8, 4) is 5.69 Å². The predicted molar refractivity (Wildman–Crippen MR) is 162 cm³/mol. The lowest BCUT2D eigenvalue weighted by atomic mass is 9.83. The zero-order valence-corrected chi connectivity index (χ0v) is 24.3. The molecule has 8 nitrogen and oxygen atoms in total. The Morgan fingerprint density at radius 3 is 2.50 bits per heavy atom. The van der Waals surface area contributed by atoms with Crippen molar-refractivity contribution in [3.63, 3.8) is 0 Å². The van der Waals surface area contributed by atoms with Crippen LogP contribution in [0.3, 0.4) is 0 Å². The molecule has 2 aromatic heterocycles. The summed E-state index contributed by atoms with van der Waals surface area (Å²) >= 11 is 13.9. The molecular weight excluding hydrogens is 582 g/mol. The van der Waals surface area contributed by atoms with Crippen molar-refractivity contribution in [2.24, 2.45) is 12.8 Å². The average molecular weight is 607 g/mol. The fourth-order valence-electron chi connectivity index (χ4n) is 5.75. The Balaban J connectivity index is 1.64. The molecule has 0 fully saturated rings. The fourth-order valence-corrected chi connectivity index (χ4v) is 6.41. The van der Waals surface area contributed by atoms with Gasteiger partial charge in [-0.25, -0.2) is 13.8 Å². The van der Waals surface area contributed by atoms with Gasteiger partial charge in [-0.05, 0) is 43.7 Å². The molecule has 0 aliphatic heterocycles. The molecule has 4 N–H and O–H groups in total. The van der Waals surface area contributed by atoms with Crippen molar-refractivity contribution in [1.29, 1.82) is 0 Å². The summed E-state index contributed by atoms with van der Waals surface area (Å²) in [5.41, 5.74) is 6.53. The molecule has 1 atom stereocenters. The SMILES string of the molecule is Cn1c(=O)n(-c2cccc(C3=C(Cl)C[C@H](C(N)=O)c4[nH]c5cc(C(C)(C)O)ccc5c43)c2Cl)c(=O)c2cccc(F)c21. The Hall–Kier alpha value is -4.18. The number of nitrogens with one attached hydrogen (secondary N) is 1. The van der Waals surface area contributed by atoms with E-state index in [1.54, 1.807) is 38.1 Å². The van der Waals surface area contributed by atoms with Crippen LogP contribution in [0.4, 0.5) is 4.39 Å². The van der Waals surface area contributed by atoms with Gasteiger partial charge in [-0.2, -0.15) is 0 Å². The van der Waals surface area contributed by atoms with Crippen molar-refractivity contribution in [1.82, 2.24) is 14.1 Å². The van der Waals surface area contributed by atoms with Gasteiger partial charge >= 0.3 is 5.69 Å². The topological polar surface area (TPSA) is 123 Å². The first-order chi connectivity index (χ1) is 19.8. The van der Waals surface area contributed by atoms with E-state index < -0.39 is 34.5 Å². The van der Waals surface area contributed by atoms with Crippen LogP contribution in [-0.2, 0) is 17.4 Å². The number of primary amides is 1. The van der Waals surface area contributed by atoms with Crippen LogP contribution in [0.5, 0.6) is 0 Å². The van der Waals surface area contributed by atoms with Gasteiger partial charge in [0, 0.05) is 51.8 Å². The van der Waals surface area contributed by atoms with Gasteiger partial charge < -0.3 is 15.8 Å². The largest absolute Gasteiger partial charge is 0.386 e. The van der Waals surface area contributed by atoms with Crippen LogP contribution < -0.4 is 17.0 Å². The number of amides is 1. The molecule has 1 amide bonds. The normalized spacial score (nSPS) is 15.5. The third-order valence-electron chi connectivity index (χ3n) is 7.85. The van der Waals surface area contributed by atoms with Gasteiger partial charge in [-0.3, -0.25) is 14.2 Å². The van der Waals surface area contributed by atoms with Crippen LogP contribution >= 0.6 is 23.2 Å². The van der Waals surface area contributed by atoms with Crippen LogP contribution in [0, 0.1) is 5.82 Å². The molecule has 1 aliphatic rings. The number of carbonyl (C=O) groups is 1. The molecule has 0 unspecified atom stereocenters. The Kier molecular flexibility index (Phi) is 6.45. The number of allylic oxidation sites excluding steroid dienone is 1. The van der Waals surface area contributed by atoms with Crippen molar-refractivity contribution < 1.29 is 14.3 Å². The Labute approximate surface area is 248 Å². The van der Waals surface area contributed by atoms with Crippen molar-refractivity contribution in [3.05, 3.63) is 114 Å². The summed E-state index contributed by atoms with van der Waals surface area (Å²) in [6, 6.07) is 14.3. The molecule has 0 saturated carbocycles. The number of aryl methyl sites for hydroxylation is 1. The van der Waals surface area contributed by atoms with Gasteiger partial charge in [0.05, 0.1) is 33.1 Å². The Morgan fingerprint density at radius 2 is 1.81 bits per heavy atom. The molecule has 0 radical (unpaired) electrons. The second-order valence-corrected chi connectivity index (χ2v) is 11.8. The van der Waals surface area contributed by atoms with Crippen molar-refractivity contribution in [2.45, 2.75) is 31.8 Å². The monoisotopic (exact) mass is 606 g/mol. The van der Waals surface area contributed by atoms with Gasteiger partial charge in [-0.15, -0.1) is 0 Å². The quantitative estimate of drug-likeness (QED) is 0.261. The Morgan fingerprint density at radius 1 is 1.10 bits per heavy atom. The van der Waals surface area contributed by atoms with E-state index in [1.807, 2.05) is 6.07 Å². The van der Waals surface area contributed by atoms with Gasteiger partial charge in [0.2, 0.25) is 5.91 Å². The third-order valence-corrected chi connectivity index (χ3v) is 8.59. The second-order valence-electron chi connectivity index (χ2n) is 10.9. The van der Waals surface area contributed by atoms with Crippen LogP contribution in [0.1, 0.15) is 48.6 Å². The third kappa shape index (κ3) is 4.11. The average Bonchev–Trinajstić information content (AvgIpc) is 3.30.